The molecule has 2 N–H and O–H groups in total. The molecule has 29 heavy (non-hydrogen) atoms. The normalized spacial score (nSPS) is 10.7. The van der Waals surface area contributed by atoms with Gasteiger partial charge in [0, 0.05) is 24.5 Å². The summed E-state index contributed by atoms with van der Waals surface area (Å²) in [6, 6.07) is 10.2. The Hall–Kier alpha value is -3.43. The molecule has 0 aliphatic rings. The molecule has 3 aromatic heterocycles. The van der Waals surface area contributed by atoms with Crippen molar-refractivity contribution in [3.8, 4) is 23.0 Å². The van der Waals surface area contributed by atoms with E-state index in [-0.39, 0.29) is 22.3 Å². The molecule has 4 rings (SSSR count). The highest BCUT2D eigenvalue weighted by Gasteiger charge is 2.18. The standard InChI is InChI=1S/C19H13ClN4O4S/c1-27-12-6-8-21-15(16(12)25)18(26)24-19-23-11-5-4-10(9-14(11)29-19)28-13-3-2-7-22-17(13)20/h2-9,25H,1H3,(H,23,24,26). The number of benzene rings is 1. The Balaban J connectivity index is 1.56. The summed E-state index contributed by atoms with van der Waals surface area (Å²) in [5.41, 5.74) is 0.525. The number of halogens is 1. The molecule has 0 fully saturated rings. The van der Waals surface area contributed by atoms with E-state index in [1.165, 1.54) is 30.7 Å². The van der Waals surface area contributed by atoms with Gasteiger partial charge >= 0.3 is 0 Å². The lowest BCUT2D eigenvalue weighted by atomic mass is 10.3. The van der Waals surface area contributed by atoms with Crippen LogP contribution in [-0.2, 0) is 0 Å². The average Bonchev–Trinajstić information content (AvgIpc) is 3.11. The minimum atomic E-state index is -0.598. The van der Waals surface area contributed by atoms with Crippen LogP contribution < -0.4 is 14.8 Å². The molecule has 8 nitrogen and oxygen atoms in total. The van der Waals surface area contributed by atoms with Crippen molar-refractivity contribution in [2.24, 2.45) is 0 Å². The number of nitrogens with one attached hydrogen (secondary N) is 1. The van der Waals surface area contributed by atoms with Crippen LogP contribution in [0.15, 0.2) is 48.8 Å². The molecule has 3 heterocycles. The predicted octanol–water partition coefficient (Wildman–Crippen LogP) is 4.50. The fourth-order valence-electron chi connectivity index (χ4n) is 2.52. The van der Waals surface area contributed by atoms with Crippen LogP contribution in [-0.4, -0.2) is 33.1 Å². The quantitative estimate of drug-likeness (QED) is 0.451. The topological polar surface area (TPSA) is 106 Å². The first-order chi connectivity index (χ1) is 14.0. The first-order valence-electron chi connectivity index (χ1n) is 8.27. The van der Waals surface area contributed by atoms with Gasteiger partial charge < -0.3 is 14.6 Å². The molecule has 0 aliphatic heterocycles. The summed E-state index contributed by atoms with van der Waals surface area (Å²) < 4.78 is 11.5. The predicted molar refractivity (Wildman–Crippen MR) is 109 cm³/mol. The van der Waals surface area contributed by atoms with Crippen molar-refractivity contribution in [3.05, 3.63) is 59.6 Å². The number of thiazole rings is 1. The Labute approximate surface area is 173 Å². The van der Waals surface area contributed by atoms with E-state index in [4.69, 9.17) is 21.1 Å². The summed E-state index contributed by atoms with van der Waals surface area (Å²) in [4.78, 5) is 24.7. The van der Waals surface area contributed by atoms with Gasteiger partial charge in [-0.1, -0.05) is 22.9 Å². The van der Waals surface area contributed by atoms with Gasteiger partial charge in [0.05, 0.1) is 17.3 Å². The molecule has 0 atom stereocenters. The fraction of sp³-hybridized carbons (Fsp3) is 0.0526. The number of hydrogen-bond donors (Lipinski definition) is 2. The van der Waals surface area contributed by atoms with E-state index in [9.17, 15) is 9.90 Å². The van der Waals surface area contributed by atoms with Crippen molar-refractivity contribution in [3.63, 3.8) is 0 Å². The number of amides is 1. The molecule has 0 bridgehead atoms. The van der Waals surface area contributed by atoms with Crippen molar-refractivity contribution in [1.29, 1.82) is 0 Å². The third kappa shape index (κ3) is 3.91. The summed E-state index contributed by atoms with van der Waals surface area (Å²) in [5.74, 6) is 0.217. The highest BCUT2D eigenvalue weighted by molar-refractivity contribution is 7.22. The van der Waals surface area contributed by atoms with Gasteiger partial charge in [0.2, 0.25) is 0 Å². The number of nitrogens with zero attached hydrogens (tertiary/aromatic N) is 3. The van der Waals surface area contributed by atoms with Crippen LogP contribution in [0.3, 0.4) is 0 Å². The monoisotopic (exact) mass is 428 g/mol. The van der Waals surface area contributed by atoms with Crippen LogP contribution >= 0.6 is 22.9 Å². The second kappa shape index (κ2) is 7.90. The molecular weight excluding hydrogens is 416 g/mol. The zero-order valence-electron chi connectivity index (χ0n) is 14.9. The van der Waals surface area contributed by atoms with Crippen LogP contribution in [0.25, 0.3) is 10.2 Å². The maximum atomic E-state index is 12.5. The molecule has 10 heteroatoms. The van der Waals surface area contributed by atoms with Crippen LogP contribution in [0, 0.1) is 0 Å². The minimum absolute atomic E-state index is 0.154. The number of hydrogen-bond acceptors (Lipinski definition) is 8. The summed E-state index contributed by atoms with van der Waals surface area (Å²) in [6.45, 7) is 0. The van der Waals surface area contributed by atoms with Gasteiger partial charge in [0.15, 0.2) is 33.2 Å². The lowest BCUT2D eigenvalue weighted by Crippen LogP contribution is -2.13. The van der Waals surface area contributed by atoms with E-state index in [2.05, 4.69) is 20.3 Å². The molecular formula is C19H13ClN4O4S. The van der Waals surface area contributed by atoms with Crippen molar-refractivity contribution in [2.45, 2.75) is 0 Å². The zero-order valence-corrected chi connectivity index (χ0v) is 16.5. The van der Waals surface area contributed by atoms with Crippen molar-refractivity contribution >= 4 is 44.2 Å². The Kier molecular flexibility index (Phi) is 5.15. The van der Waals surface area contributed by atoms with Gasteiger partial charge in [-0.25, -0.2) is 15.0 Å². The number of aromatic hydroxyl groups is 1. The number of carbonyl (C=O) groups excluding carboxylic acids is 1. The molecule has 0 unspecified atom stereocenters. The van der Waals surface area contributed by atoms with E-state index in [0.29, 0.717) is 22.1 Å². The summed E-state index contributed by atoms with van der Waals surface area (Å²) in [7, 11) is 1.39. The highest BCUT2D eigenvalue weighted by atomic mass is 35.5. The summed E-state index contributed by atoms with van der Waals surface area (Å²) in [5, 5.41) is 13.3. The zero-order chi connectivity index (χ0) is 20.4. The number of ether oxygens (including phenoxy) is 2. The number of aromatic nitrogens is 3. The number of methoxy groups -OCH3 is 1. The van der Waals surface area contributed by atoms with E-state index in [1.54, 1.807) is 36.5 Å². The van der Waals surface area contributed by atoms with Gasteiger partial charge in [-0.3, -0.25) is 10.1 Å². The van der Waals surface area contributed by atoms with Gasteiger partial charge in [-0.05, 0) is 24.3 Å². The Morgan fingerprint density at radius 3 is 2.83 bits per heavy atom. The molecule has 0 radical (unpaired) electrons. The number of fused-ring (bicyclic) bond motifs is 1. The second-order valence-corrected chi connectivity index (χ2v) is 7.10. The molecule has 0 spiro atoms. The summed E-state index contributed by atoms with van der Waals surface area (Å²) in [6.07, 6.45) is 2.95. The Bertz CT molecular complexity index is 1210. The molecule has 0 saturated carbocycles. The lowest BCUT2D eigenvalue weighted by Gasteiger charge is -2.06. The SMILES string of the molecule is COc1ccnc(C(=O)Nc2nc3ccc(Oc4cccnc4Cl)cc3s2)c1O. The smallest absolute Gasteiger partial charge is 0.280 e. The van der Waals surface area contributed by atoms with Crippen molar-refractivity contribution in [1.82, 2.24) is 15.0 Å². The maximum absolute atomic E-state index is 12.5. The number of carbonyl (C=O) groups is 1. The van der Waals surface area contributed by atoms with Gasteiger partial charge in [0.1, 0.15) is 5.75 Å². The molecule has 0 saturated heterocycles. The van der Waals surface area contributed by atoms with E-state index < -0.39 is 5.91 Å². The molecule has 1 amide bonds. The lowest BCUT2D eigenvalue weighted by molar-refractivity contribution is 0.101. The van der Waals surface area contributed by atoms with E-state index in [0.717, 1.165) is 4.70 Å². The van der Waals surface area contributed by atoms with E-state index >= 15 is 0 Å². The first kappa shape index (κ1) is 18.9. The third-order valence-corrected chi connectivity index (χ3v) is 5.07. The average molecular weight is 429 g/mol. The molecule has 4 aromatic rings. The Morgan fingerprint density at radius 2 is 2.03 bits per heavy atom. The fourth-order valence-corrected chi connectivity index (χ4v) is 3.57. The largest absolute Gasteiger partial charge is 0.503 e. The van der Waals surface area contributed by atoms with Gasteiger partial charge in [-0.15, -0.1) is 0 Å². The number of rotatable bonds is 5. The molecule has 1 aromatic carbocycles. The van der Waals surface area contributed by atoms with Crippen molar-refractivity contribution in [2.75, 3.05) is 12.4 Å². The number of pyridine rings is 2. The van der Waals surface area contributed by atoms with Crippen LogP contribution in [0.4, 0.5) is 5.13 Å². The number of anilines is 1. The highest BCUT2D eigenvalue weighted by Crippen LogP contribution is 2.34. The van der Waals surface area contributed by atoms with E-state index in [1.807, 2.05) is 0 Å². The Morgan fingerprint density at radius 1 is 1.17 bits per heavy atom. The van der Waals surface area contributed by atoms with Crippen molar-refractivity contribution < 1.29 is 19.4 Å². The molecule has 146 valence electrons. The van der Waals surface area contributed by atoms with Gasteiger partial charge in [-0.2, -0.15) is 0 Å². The van der Waals surface area contributed by atoms with Gasteiger partial charge in [0.25, 0.3) is 5.91 Å². The first-order valence-corrected chi connectivity index (χ1v) is 9.47. The minimum Gasteiger partial charge on any atom is -0.503 e. The van der Waals surface area contributed by atoms with Crippen LogP contribution in [0.2, 0.25) is 5.15 Å². The van der Waals surface area contributed by atoms with Crippen LogP contribution in [0.5, 0.6) is 23.0 Å². The third-order valence-electron chi connectivity index (χ3n) is 3.86. The summed E-state index contributed by atoms with van der Waals surface area (Å²) >= 11 is 7.27. The maximum Gasteiger partial charge on any atom is 0.280 e. The van der Waals surface area contributed by atoms with Crippen LogP contribution in [0.1, 0.15) is 10.5 Å². The molecule has 0 aliphatic carbocycles. The second-order valence-electron chi connectivity index (χ2n) is 5.71.